The second-order valence-corrected chi connectivity index (χ2v) is 10.0. The van der Waals surface area contributed by atoms with Crippen molar-refractivity contribution in [3.63, 3.8) is 0 Å². The summed E-state index contributed by atoms with van der Waals surface area (Å²) in [6, 6.07) is -1.25. The summed E-state index contributed by atoms with van der Waals surface area (Å²) >= 11 is 0. The highest BCUT2D eigenvalue weighted by molar-refractivity contribution is 6.38. The van der Waals surface area contributed by atoms with E-state index in [0.29, 0.717) is 52.0 Å². The fraction of sp³-hybridized carbons (Fsp3) is 0.846. The number of rotatable bonds is 15. The largest absolute Gasteiger partial charge is 0.383 e. The Morgan fingerprint density at radius 2 is 1.56 bits per heavy atom. The Balaban J connectivity index is 2.14. The molecule has 1 atom stereocenters. The topological polar surface area (TPSA) is 126 Å². The van der Waals surface area contributed by atoms with Gasteiger partial charge in [0.05, 0.1) is 19.3 Å². The molecule has 4 amide bonds. The number of Topliss-reactive ketones (excluding diaryl/α,β-unsaturated/α-hetero) is 1. The van der Waals surface area contributed by atoms with Crippen molar-refractivity contribution in [1.82, 2.24) is 20.9 Å². The molecule has 0 spiro atoms. The fourth-order valence-corrected chi connectivity index (χ4v) is 5.02. The second-order valence-electron chi connectivity index (χ2n) is 10.0. The number of unbranched alkanes of at least 4 members (excludes halogenated alkanes) is 1. The van der Waals surface area contributed by atoms with Crippen LogP contribution in [0.25, 0.3) is 0 Å². The lowest BCUT2D eigenvalue weighted by molar-refractivity contribution is -0.141. The van der Waals surface area contributed by atoms with Crippen LogP contribution >= 0.6 is 0 Å². The standard InChI is InChI=1S/C26H46N4O6/c1-4-5-13-21(22(31)23(32)27-20-11-7-8-12-20)28-24(33)26(14-9-6-10-15-26)29-25(34)30(16-18-35-2)17-19-36-3/h20-21H,4-19H2,1-3H3,(H,27,32)(H,28,33)(H,29,34)/t21-/m0/s1. The zero-order valence-electron chi connectivity index (χ0n) is 22.4. The molecule has 0 bridgehead atoms. The van der Waals surface area contributed by atoms with Crippen molar-refractivity contribution in [2.45, 2.75) is 102 Å². The Labute approximate surface area is 215 Å². The van der Waals surface area contributed by atoms with Gasteiger partial charge < -0.3 is 30.3 Å². The number of hydrogen-bond acceptors (Lipinski definition) is 6. The van der Waals surface area contributed by atoms with E-state index in [1.54, 1.807) is 19.1 Å². The minimum Gasteiger partial charge on any atom is -0.383 e. The van der Waals surface area contributed by atoms with Gasteiger partial charge in [0.2, 0.25) is 11.7 Å². The third kappa shape index (κ3) is 9.03. The van der Waals surface area contributed by atoms with E-state index >= 15 is 0 Å². The van der Waals surface area contributed by atoms with Crippen LogP contribution in [0, 0.1) is 0 Å². The van der Waals surface area contributed by atoms with Gasteiger partial charge in [0, 0.05) is 33.4 Å². The summed E-state index contributed by atoms with van der Waals surface area (Å²) in [5.41, 5.74) is -1.12. The number of amides is 4. The van der Waals surface area contributed by atoms with Crippen LogP contribution in [0.2, 0.25) is 0 Å². The number of nitrogens with zero attached hydrogens (tertiary/aromatic N) is 1. The van der Waals surface area contributed by atoms with Crippen LogP contribution < -0.4 is 16.0 Å². The SMILES string of the molecule is CCCC[C@H](NC(=O)C1(NC(=O)N(CCOC)CCOC)CCCCC1)C(=O)C(=O)NC1CCCC1. The zero-order chi connectivity index (χ0) is 26.4. The maximum absolute atomic E-state index is 13.7. The van der Waals surface area contributed by atoms with E-state index in [1.165, 1.54) is 0 Å². The summed E-state index contributed by atoms with van der Waals surface area (Å²) in [5, 5.41) is 8.70. The van der Waals surface area contributed by atoms with Crippen LogP contribution in [0.3, 0.4) is 0 Å². The molecule has 206 valence electrons. The van der Waals surface area contributed by atoms with E-state index in [-0.39, 0.29) is 12.1 Å². The van der Waals surface area contributed by atoms with Gasteiger partial charge in [-0.3, -0.25) is 14.4 Å². The lowest BCUT2D eigenvalue weighted by Crippen LogP contribution is -2.64. The molecular weight excluding hydrogens is 464 g/mol. The number of hydrogen-bond donors (Lipinski definition) is 3. The average Bonchev–Trinajstić information content (AvgIpc) is 3.39. The molecule has 10 nitrogen and oxygen atoms in total. The van der Waals surface area contributed by atoms with Crippen molar-refractivity contribution >= 4 is 23.6 Å². The summed E-state index contributed by atoms with van der Waals surface area (Å²) in [6.07, 6.45) is 9.29. The predicted octanol–water partition coefficient (Wildman–Crippen LogP) is 2.30. The average molecular weight is 511 g/mol. The van der Waals surface area contributed by atoms with E-state index in [2.05, 4.69) is 16.0 Å². The fourth-order valence-electron chi connectivity index (χ4n) is 5.02. The second kappa shape index (κ2) is 15.8. The van der Waals surface area contributed by atoms with Crippen molar-refractivity contribution in [3.05, 3.63) is 0 Å². The van der Waals surface area contributed by atoms with E-state index in [0.717, 1.165) is 51.4 Å². The smallest absolute Gasteiger partial charge is 0.318 e. The monoisotopic (exact) mass is 510 g/mol. The highest BCUT2D eigenvalue weighted by Crippen LogP contribution is 2.29. The normalized spacial score (nSPS) is 18.3. The van der Waals surface area contributed by atoms with Crippen LogP contribution in [0.1, 0.15) is 84.0 Å². The highest BCUT2D eigenvalue weighted by atomic mass is 16.5. The number of methoxy groups -OCH3 is 2. The first kappa shape index (κ1) is 30.0. The van der Waals surface area contributed by atoms with E-state index in [4.69, 9.17) is 9.47 Å². The number of ether oxygens (including phenoxy) is 2. The third-order valence-electron chi connectivity index (χ3n) is 7.29. The van der Waals surface area contributed by atoms with Gasteiger partial charge in [-0.15, -0.1) is 0 Å². The molecule has 2 aliphatic carbocycles. The van der Waals surface area contributed by atoms with Gasteiger partial charge >= 0.3 is 6.03 Å². The van der Waals surface area contributed by atoms with Crippen molar-refractivity contribution in [2.24, 2.45) is 0 Å². The Kier molecular flexibility index (Phi) is 13.2. The Morgan fingerprint density at radius 3 is 2.11 bits per heavy atom. The van der Waals surface area contributed by atoms with E-state index in [1.807, 2.05) is 6.92 Å². The van der Waals surface area contributed by atoms with Gasteiger partial charge in [-0.1, -0.05) is 51.9 Å². The number of carbonyl (C=O) groups is 4. The molecule has 0 radical (unpaired) electrons. The van der Waals surface area contributed by atoms with Gasteiger partial charge in [0.25, 0.3) is 5.91 Å². The predicted molar refractivity (Wildman–Crippen MR) is 137 cm³/mol. The maximum Gasteiger partial charge on any atom is 0.318 e. The molecule has 2 rings (SSSR count). The summed E-state index contributed by atoms with van der Waals surface area (Å²) in [5.74, 6) is -1.63. The molecule has 3 N–H and O–H groups in total. The lowest BCUT2D eigenvalue weighted by atomic mass is 9.80. The number of nitrogens with one attached hydrogen (secondary N) is 3. The molecule has 10 heteroatoms. The van der Waals surface area contributed by atoms with Crippen LogP contribution in [0.5, 0.6) is 0 Å². The molecule has 2 fully saturated rings. The quantitative estimate of drug-likeness (QED) is 0.290. The first-order chi connectivity index (χ1) is 17.4. The number of urea groups is 1. The molecular formula is C26H46N4O6. The van der Waals surface area contributed by atoms with Crippen LogP contribution in [0.15, 0.2) is 0 Å². The van der Waals surface area contributed by atoms with E-state index < -0.39 is 29.2 Å². The Morgan fingerprint density at radius 1 is 0.944 bits per heavy atom. The molecule has 2 saturated carbocycles. The Bertz CT molecular complexity index is 711. The summed E-state index contributed by atoms with van der Waals surface area (Å²) in [7, 11) is 3.14. The minimum absolute atomic E-state index is 0.0261. The highest BCUT2D eigenvalue weighted by Gasteiger charge is 2.43. The molecule has 0 saturated heterocycles. The van der Waals surface area contributed by atoms with Gasteiger partial charge in [0.15, 0.2) is 0 Å². The molecule has 0 unspecified atom stereocenters. The molecule has 36 heavy (non-hydrogen) atoms. The lowest BCUT2D eigenvalue weighted by Gasteiger charge is -2.39. The zero-order valence-corrected chi connectivity index (χ0v) is 22.4. The Hall–Kier alpha value is -2.20. The summed E-state index contributed by atoms with van der Waals surface area (Å²) in [6.45, 7) is 3.45. The molecule has 0 aromatic heterocycles. The summed E-state index contributed by atoms with van der Waals surface area (Å²) in [4.78, 5) is 54.2. The number of carbonyl (C=O) groups excluding carboxylic acids is 4. The van der Waals surface area contributed by atoms with Gasteiger partial charge in [-0.05, 0) is 32.1 Å². The van der Waals surface area contributed by atoms with Gasteiger partial charge in [0.1, 0.15) is 5.54 Å². The van der Waals surface area contributed by atoms with Crippen molar-refractivity contribution in [2.75, 3.05) is 40.5 Å². The molecule has 0 aromatic carbocycles. The van der Waals surface area contributed by atoms with Gasteiger partial charge in [-0.2, -0.15) is 0 Å². The van der Waals surface area contributed by atoms with Crippen molar-refractivity contribution in [3.8, 4) is 0 Å². The molecule has 0 heterocycles. The van der Waals surface area contributed by atoms with Crippen LogP contribution in [-0.2, 0) is 23.9 Å². The van der Waals surface area contributed by atoms with Crippen LogP contribution in [0.4, 0.5) is 4.79 Å². The first-order valence-corrected chi connectivity index (χ1v) is 13.6. The molecule has 0 aromatic rings. The van der Waals surface area contributed by atoms with Crippen molar-refractivity contribution < 1.29 is 28.7 Å². The van der Waals surface area contributed by atoms with Crippen LogP contribution in [-0.4, -0.2) is 86.7 Å². The van der Waals surface area contributed by atoms with Crippen molar-refractivity contribution in [1.29, 1.82) is 0 Å². The number of ketones is 1. The maximum atomic E-state index is 13.7. The van der Waals surface area contributed by atoms with Gasteiger partial charge in [-0.25, -0.2) is 4.79 Å². The molecule has 2 aliphatic rings. The first-order valence-electron chi connectivity index (χ1n) is 13.6. The minimum atomic E-state index is -1.12. The molecule has 0 aliphatic heterocycles. The summed E-state index contributed by atoms with van der Waals surface area (Å²) < 4.78 is 10.3. The van der Waals surface area contributed by atoms with E-state index in [9.17, 15) is 19.2 Å². The third-order valence-corrected chi connectivity index (χ3v) is 7.29.